The second-order valence-corrected chi connectivity index (χ2v) is 5.60. The van der Waals surface area contributed by atoms with Crippen molar-refractivity contribution in [3.63, 3.8) is 0 Å². The van der Waals surface area contributed by atoms with E-state index in [0.717, 1.165) is 11.1 Å². The average Bonchev–Trinajstić information content (AvgIpc) is 2.48. The van der Waals surface area contributed by atoms with Gasteiger partial charge in [0.2, 0.25) is 0 Å². The molecule has 4 heteroatoms. The van der Waals surface area contributed by atoms with Crippen LogP contribution in [0.1, 0.15) is 28.4 Å². The van der Waals surface area contributed by atoms with Crippen LogP contribution in [0, 0.1) is 6.92 Å². The Bertz CT molecular complexity index is 600. The van der Waals surface area contributed by atoms with Gasteiger partial charge in [-0.2, -0.15) is 0 Å². The number of rotatable bonds is 4. The number of halogens is 1. The molecule has 0 spiro atoms. The lowest BCUT2D eigenvalue weighted by molar-refractivity contribution is 0.0913. The smallest absolute Gasteiger partial charge is 0.253 e. The number of amides is 1. The summed E-state index contributed by atoms with van der Waals surface area (Å²) in [6.45, 7) is 3.92. The third-order valence-corrected chi connectivity index (χ3v) is 4.33. The normalized spacial score (nSPS) is 13.6. The number of pyridine rings is 1. The fourth-order valence-corrected chi connectivity index (χ4v) is 2.45. The van der Waals surface area contributed by atoms with Gasteiger partial charge < -0.3 is 5.32 Å². The van der Waals surface area contributed by atoms with Crippen molar-refractivity contribution < 1.29 is 4.79 Å². The summed E-state index contributed by atoms with van der Waals surface area (Å²) in [5.74, 6) is -0.119. The summed E-state index contributed by atoms with van der Waals surface area (Å²) in [5.41, 5.74) is 2.15. The molecular weight excluding hydrogens is 316 g/mol. The molecular formula is C16H17BrN2O. The van der Waals surface area contributed by atoms with Crippen molar-refractivity contribution in [2.24, 2.45) is 0 Å². The Balaban J connectivity index is 2.24. The van der Waals surface area contributed by atoms with Crippen LogP contribution >= 0.6 is 15.9 Å². The minimum absolute atomic E-state index is 0.119. The number of hydrogen-bond acceptors (Lipinski definition) is 2. The van der Waals surface area contributed by atoms with Gasteiger partial charge in [-0.25, -0.2) is 0 Å². The Labute approximate surface area is 127 Å². The summed E-state index contributed by atoms with van der Waals surface area (Å²) < 4.78 is 0. The minimum atomic E-state index is -0.456. The fraction of sp³-hybridized carbons (Fsp3) is 0.250. The molecule has 104 valence electrons. The summed E-state index contributed by atoms with van der Waals surface area (Å²) in [4.78, 5) is 16.4. The fourth-order valence-electron chi connectivity index (χ4n) is 1.99. The van der Waals surface area contributed by atoms with E-state index in [0.29, 0.717) is 10.9 Å². The Hall–Kier alpha value is -1.68. The van der Waals surface area contributed by atoms with Crippen molar-refractivity contribution in [1.29, 1.82) is 0 Å². The van der Waals surface area contributed by atoms with E-state index in [2.05, 4.69) is 26.2 Å². The van der Waals surface area contributed by atoms with E-state index in [9.17, 15) is 4.79 Å². The summed E-state index contributed by atoms with van der Waals surface area (Å²) in [7, 11) is 0. The molecule has 0 bridgehead atoms. The van der Waals surface area contributed by atoms with Gasteiger partial charge in [-0.15, -0.1) is 0 Å². The molecule has 2 aromatic rings. The number of carbonyl (C=O) groups excluding carboxylic acids is 1. The van der Waals surface area contributed by atoms with Crippen LogP contribution in [0.25, 0.3) is 0 Å². The molecule has 1 atom stereocenters. The zero-order valence-electron chi connectivity index (χ0n) is 11.6. The Kier molecular flexibility index (Phi) is 4.55. The molecule has 0 saturated carbocycles. The van der Waals surface area contributed by atoms with Crippen LogP contribution in [-0.4, -0.2) is 16.2 Å². The van der Waals surface area contributed by atoms with E-state index < -0.39 is 5.54 Å². The van der Waals surface area contributed by atoms with Crippen LogP contribution in [-0.2, 0) is 5.54 Å². The van der Waals surface area contributed by atoms with Gasteiger partial charge in [0.25, 0.3) is 5.91 Å². The quantitative estimate of drug-likeness (QED) is 0.871. The molecule has 1 amide bonds. The topological polar surface area (TPSA) is 42.0 Å². The molecule has 1 N–H and O–H groups in total. The second kappa shape index (κ2) is 6.18. The first-order valence-corrected chi connectivity index (χ1v) is 7.53. The van der Waals surface area contributed by atoms with Gasteiger partial charge in [-0.1, -0.05) is 46.3 Å². The first-order chi connectivity index (χ1) is 9.55. The first kappa shape index (κ1) is 14.7. The summed E-state index contributed by atoms with van der Waals surface area (Å²) in [6, 6.07) is 11.8. The lowest BCUT2D eigenvalue weighted by atomic mass is 9.94. The van der Waals surface area contributed by atoms with E-state index in [-0.39, 0.29) is 5.91 Å². The van der Waals surface area contributed by atoms with Crippen LogP contribution in [0.4, 0.5) is 0 Å². The number of nitrogens with one attached hydrogen (secondary N) is 1. The Morgan fingerprint density at radius 1 is 1.30 bits per heavy atom. The van der Waals surface area contributed by atoms with Crippen LogP contribution in [0.2, 0.25) is 0 Å². The van der Waals surface area contributed by atoms with Gasteiger partial charge in [0.1, 0.15) is 0 Å². The molecule has 0 fully saturated rings. The van der Waals surface area contributed by atoms with Gasteiger partial charge in [0.15, 0.2) is 0 Å². The monoisotopic (exact) mass is 332 g/mol. The first-order valence-electron chi connectivity index (χ1n) is 6.41. The maximum absolute atomic E-state index is 12.4. The third-order valence-electron chi connectivity index (χ3n) is 3.20. The van der Waals surface area contributed by atoms with E-state index in [4.69, 9.17) is 0 Å². The zero-order valence-corrected chi connectivity index (χ0v) is 13.1. The maximum Gasteiger partial charge on any atom is 0.253 e. The second-order valence-electron chi connectivity index (χ2n) is 5.04. The Morgan fingerprint density at radius 2 is 2.00 bits per heavy atom. The summed E-state index contributed by atoms with van der Waals surface area (Å²) in [5, 5.41) is 3.71. The predicted molar refractivity (Wildman–Crippen MR) is 84.0 cm³/mol. The average molecular weight is 333 g/mol. The van der Waals surface area contributed by atoms with Crippen molar-refractivity contribution in [3.8, 4) is 0 Å². The molecule has 0 aliphatic rings. The molecule has 0 saturated heterocycles. The summed E-state index contributed by atoms with van der Waals surface area (Å²) >= 11 is 3.49. The zero-order chi connectivity index (χ0) is 14.6. The number of nitrogens with zero attached hydrogens (tertiary/aromatic N) is 1. The number of aryl methyl sites for hydroxylation is 1. The summed E-state index contributed by atoms with van der Waals surface area (Å²) in [6.07, 6.45) is 3.32. The van der Waals surface area contributed by atoms with Crippen molar-refractivity contribution in [3.05, 3.63) is 65.5 Å². The lowest BCUT2D eigenvalue weighted by Crippen LogP contribution is -2.45. The van der Waals surface area contributed by atoms with Crippen LogP contribution in [0.15, 0.2) is 48.8 Å². The lowest BCUT2D eigenvalue weighted by Gasteiger charge is -2.29. The highest BCUT2D eigenvalue weighted by Crippen LogP contribution is 2.23. The van der Waals surface area contributed by atoms with E-state index >= 15 is 0 Å². The number of aromatic nitrogens is 1. The highest BCUT2D eigenvalue weighted by molar-refractivity contribution is 9.09. The van der Waals surface area contributed by atoms with Crippen molar-refractivity contribution in [2.45, 2.75) is 19.4 Å². The number of hydrogen-bond donors (Lipinski definition) is 1. The largest absolute Gasteiger partial charge is 0.342 e. The van der Waals surface area contributed by atoms with E-state index in [1.165, 1.54) is 0 Å². The SMILES string of the molecule is Cc1cncc(C(=O)NC(C)(CBr)c2ccccc2)c1. The molecule has 3 nitrogen and oxygen atoms in total. The number of benzene rings is 1. The molecule has 1 aromatic carbocycles. The minimum Gasteiger partial charge on any atom is -0.342 e. The number of alkyl halides is 1. The van der Waals surface area contributed by atoms with Gasteiger partial charge in [-0.05, 0) is 31.0 Å². The van der Waals surface area contributed by atoms with E-state index in [1.807, 2.05) is 50.2 Å². The van der Waals surface area contributed by atoms with Gasteiger partial charge >= 0.3 is 0 Å². The van der Waals surface area contributed by atoms with Crippen molar-refractivity contribution in [1.82, 2.24) is 10.3 Å². The third kappa shape index (κ3) is 3.25. The Morgan fingerprint density at radius 3 is 2.60 bits per heavy atom. The van der Waals surface area contributed by atoms with Gasteiger partial charge in [0.05, 0.1) is 11.1 Å². The molecule has 1 heterocycles. The molecule has 0 aliphatic carbocycles. The van der Waals surface area contributed by atoms with Crippen molar-refractivity contribution >= 4 is 21.8 Å². The molecule has 0 aliphatic heterocycles. The van der Waals surface area contributed by atoms with Gasteiger partial charge in [-0.3, -0.25) is 9.78 Å². The van der Waals surface area contributed by atoms with Crippen LogP contribution in [0.5, 0.6) is 0 Å². The predicted octanol–water partition coefficient (Wildman–Crippen LogP) is 3.43. The van der Waals surface area contributed by atoms with Crippen LogP contribution < -0.4 is 5.32 Å². The molecule has 2 rings (SSSR count). The van der Waals surface area contributed by atoms with E-state index in [1.54, 1.807) is 12.4 Å². The van der Waals surface area contributed by atoms with Gasteiger partial charge in [0, 0.05) is 17.7 Å². The van der Waals surface area contributed by atoms with Crippen molar-refractivity contribution in [2.75, 3.05) is 5.33 Å². The highest BCUT2D eigenvalue weighted by atomic mass is 79.9. The standard InChI is InChI=1S/C16H17BrN2O/c1-12-8-13(10-18-9-12)15(20)19-16(2,11-17)14-6-4-3-5-7-14/h3-10H,11H2,1-2H3,(H,19,20). The number of carbonyl (C=O) groups is 1. The highest BCUT2D eigenvalue weighted by Gasteiger charge is 2.27. The maximum atomic E-state index is 12.4. The molecule has 1 unspecified atom stereocenters. The van der Waals surface area contributed by atoms with Crippen LogP contribution in [0.3, 0.4) is 0 Å². The molecule has 20 heavy (non-hydrogen) atoms. The molecule has 1 aromatic heterocycles. The molecule has 0 radical (unpaired) electrons.